The average Bonchev–Trinajstić information content (AvgIpc) is 0.918. The molecule has 0 aliphatic carbocycles. The third-order valence-electron chi connectivity index (χ3n) is 0. The summed E-state index contributed by atoms with van der Waals surface area (Å²) in [6.07, 6.45) is 0. The van der Waals surface area contributed by atoms with Gasteiger partial charge in [0.1, 0.15) is 0 Å². The minimum Gasteiger partial charge on any atom is -0.319 e. The van der Waals surface area contributed by atoms with Crippen LogP contribution >= 0.6 is 0 Å². The summed E-state index contributed by atoms with van der Waals surface area (Å²) >= 11 is 0. The van der Waals surface area contributed by atoms with Crippen LogP contribution in [0.4, 0.5) is 0 Å². The molecule has 0 bridgehead atoms. The Labute approximate surface area is 41.5 Å². The zero-order valence-electron chi connectivity index (χ0n) is 1.86. The van der Waals surface area contributed by atoms with Gasteiger partial charge < -0.3 is 11.5 Å². The van der Waals surface area contributed by atoms with Crippen LogP contribution in [0.25, 0.3) is 0 Å². The van der Waals surface area contributed by atoms with E-state index in [4.69, 9.17) is 0 Å². The van der Waals surface area contributed by atoms with E-state index in [1.165, 1.54) is 0 Å². The van der Waals surface area contributed by atoms with Gasteiger partial charge in [-0.25, -0.2) is 0 Å². The quantitative estimate of drug-likeness (QED) is 0.436. The van der Waals surface area contributed by atoms with E-state index in [1.807, 2.05) is 0 Å². The van der Waals surface area contributed by atoms with Crippen molar-refractivity contribution in [2.45, 2.75) is 22.3 Å². The molecule has 0 spiro atoms. The molecular weight excluding hydrogens is 76.1 g/mol. The average molecular weight is 94.2 g/mol. The maximum atomic E-state index is 4.62. The lowest BCUT2D eigenvalue weighted by atomic mass is 11.3. The number of hydrogen-bond acceptors (Lipinski definition) is 2. The second kappa shape index (κ2) is 89.3. The van der Waals surface area contributed by atoms with E-state index in [0.29, 0.717) is 0 Å². The Morgan fingerprint density at radius 2 is 0.833 bits per heavy atom. The molecule has 0 aromatic heterocycles. The lowest BCUT2D eigenvalue weighted by molar-refractivity contribution is 1.07. The van der Waals surface area contributed by atoms with Crippen LogP contribution in [0.1, 0.15) is 22.3 Å². The second-order valence-corrected chi connectivity index (χ2v) is 0.236. The summed E-state index contributed by atoms with van der Waals surface area (Å²) in [6, 6.07) is 0. The molecule has 0 heterocycles. The van der Waals surface area contributed by atoms with Gasteiger partial charge in [0.2, 0.25) is 0 Å². The van der Waals surface area contributed by atoms with Gasteiger partial charge in [-0.3, -0.25) is 0 Å². The van der Waals surface area contributed by atoms with Crippen molar-refractivity contribution in [3.05, 3.63) is 0 Å². The van der Waals surface area contributed by atoms with Crippen LogP contribution in [0.3, 0.4) is 0 Å². The molecule has 44 valence electrons. The van der Waals surface area contributed by atoms with Gasteiger partial charge in [-0.05, 0) is 0 Å². The standard InChI is InChI=1S/CH6N2.3CH4/c2-1-3;;;/h1-3H2;3*1H4. The fraction of sp³-hybridized carbons (Fsp3) is 1.00. The Balaban J connectivity index is -0.00000000667. The monoisotopic (exact) mass is 94.1 g/mol. The molecule has 0 atom stereocenters. The SMILES string of the molecule is C.C.C.NCN. The molecule has 6 heavy (non-hydrogen) atoms. The summed E-state index contributed by atoms with van der Waals surface area (Å²) in [5.41, 5.74) is 9.25. The lowest BCUT2D eigenvalue weighted by Crippen LogP contribution is -2.08. The zero-order chi connectivity index (χ0) is 2.71. The van der Waals surface area contributed by atoms with Crippen LogP contribution in [0.15, 0.2) is 0 Å². The summed E-state index contributed by atoms with van der Waals surface area (Å²) in [5, 5.41) is 0. The van der Waals surface area contributed by atoms with Gasteiger partial charge in [-0.15, -0.1) is 0 Å². The van der Waals surface area contributed by atoms with Crippen LogP contribution in [-0.4, -0.2) is 6.67 Å². The molecule has 0 aliphatic heterocycles. The highest BCUT2D eigenvalue weighted by atomic mass is 14.7. The summed E-state index contributed by atoms with van der Waals surface area (Å²) in [4.78, 5) is 0. The van der Waals surface area contributed by atoms with Crippen LogP contribution in [0.5, 0.6) is 0 Å². The zero-order valence-corrected chi connectivity index (χ0v) is 1.86. The summed E-state index contributed by atoms with van der Waals surface area (Å²) < 4.78 is 0. The van der Waals surface area contributed by atoms with E-state index in [1.54, 1.807) is 0 Å². The summed E-state index contributed by atoms with van der Waals surface area (Å²) in [6.45, 7) is 0.250. The molecule has 0 aromatic rings. The smallest absolute Gasteiger partial charge is 0.0403 e. The molecule has 0 saturated carbocycles. The molecule has 0 radical (unpaired) electrons. The van der Waals surface area contributed by atoms with Gasteiger partial charge in [0.25, 0.3) is 0 Å². The minimum atomic E-state index is 0. The van der Waals surface area contributed by atoms with Crippen molar-refractivity contribution in [3.63, 3.8) is 0 Å². The van der Waals surface area contributed by atoms with Gasteiger partial charge in [-0.1, -0.05) is 22.3 Å². The van der Waals surface area contributed by atoms with Crippen molar-refractivity contribution in [2.75, 3.05) is 6.67 Å². The normalized spacial score (nSPS) is 3.00. The molecule has 0 saturated heterocycles. The summed E-state index contributed by atoms with van der Waals surface area (Å²) in [7, 11) is 0. The Hall–Kier alpha value is -0.0800. The predicted molar refractivity (Wildman–Crippen MR) is 33.4 cm³/mol. The van der Waals surface area contributed by atoms with Crippen molar-refractivity contribution in [1.29, 1.82) is 0 Å². The highest BCUT2D eigenvalue weighted by molar-refractivity contribution is 3.94. The molecule has 4 N–H and O–H groups in total. The molecule has 0 unspecified atom stereocenters. The Morgan fingerprint density at radius 1 is 0.833 bits per heavy atom. The second-order valence-electron chi connectivity index (χ2n) is 0.236. The van der Waals surface area contributed by atoms with E-state index in [9.17, 15) is 0 Å². The van der Waals surface area contributed by atoms with Crippen molar-refractivity contribution >= 4 is 0 Å². The fourth-order valence-corrected chi connectivity index (χ4v) is 0. The lowest BCUT2D eigenvalue weighted by Gasteiger charge is -1.56. The maximum Gasteiger partial charge on any atom is 0.0403 e. The first kappa shape index (κ1) is 38.9. The van der Waals surface area contributed by atoms with E-state index >= 15 is 0 Å². The van der Waals surface area contributed by atoms with Crippen LogP contribution in [-0.2, 0) is 0 Å². The first-order valence-corrected chi connectivity index (χ1v) is 0.816. The predicted octanol–water partition coefficient (Wildman–Crippen LogP) is 0.770. The first-order valence-electron chi connectivity index (χ1n) is 0.816. The Morgan fingerprint density at radius 3 is 0.833 bits per heavy atom. The Bertz CT molecular complexity index is 5.51. The third-order valence-corrected chi connectivity index (χ3v) is 0. The van der Waals surface area contributed by atoms with Gasteiger partial charge >= 0.3 is 0 Å². The van der Waals surface area contributed by atoms with Gasteiger partial charge in [0, 0.05) is 6.67 Å². The van der Waals surface area contributed by atoms with Crippen molar-refractivity contribution in [2.24, 2.45) is 11.5 Å². The molecular formula is C4H18N2. The van der Waals surface area contributed by atoms with Crippen LogP contribution in [0, 0.1) is 0 Å². The van der Waals surface area contributed by atoms with Gasteiger partial charge in [-0.2, -0.15) is 0 Å². The third kappa shape index (κ3) is 5220. The molecule has 2 heteroatoms. The van der Waals surface area contributed by atoms with E-state index in [0.717, 1.165) is 0 Å². The van der Waals surface area contributed by atoms with Crippen LogP contribution in [0.2, 0.25) is 0 Å². The largest absolute Gasteiger partial charge is 0.319 e. The van der Waals surface area contributed by atoms with Crippen LogP contribution < -0.4 is 11.5 Å². The molecule has 0 rings (SSSR count). The topological polar surface area (TPSA) is 52.0 Å². The Kier molecular flexibility index (Phi) is 579. The molecule has 0 fully saturated rings. The van der Waals surface area contributed by atoms with Gasteiger partial charge in [0.05, 0.1) is 0 Å². The fourth-order valence-electron chi connectivity index (χ4n) is 0. The molecule has 0 aliphatic rings. The maximum absolute atomic E-state index is 4.62. The first-order chi connectivity index (χ1) is 1.41. The summed E-state index contributed by atoms with van der Waals surface area (Å²) in [5.74, 6) is 0. The number of nitrogens with two attached hydrogens (primary N) is 2. The van der Waals surface area contributed by atoms with E-state index < -0.39 is 0 Å². The van der Waals surface area contributed by atoms with E-state index in [2.05, 4.69) is 11.5 Å². The van der Waals surface area contributed by atoms with Gasteiger partial charge in [0.15, 0.2) is 0 Å². The van der Waals surface area contributed by atoms with E-state index in [-0.39, 0.29) is 28.9 Å². The van der Waals surface area contributed by atoms with Crippen molar-refractivity contribution in [3.8, 4) is 0 Å². The number of rotatable bonds is 0. The highest BCUT2D eigenvalue weighted by Gasteiger charge is 1.29. The highest BCUT2D eigenvalue weighted by Crippen LogP contribution is 0.861. The molecule has 0 amide bonds. The molecule has 0 aromatic carbocycles. The van der Waals surface area contributed by atoms with Crippen molar-refractivity contribution < 1.29 is 0 Å². The van der Waals surface area contributed by atoms with Crippen molar-refractivity contribution in [1.82, 2.24) is 0 Å². The minimum absolute atomic E-state index is 0. The number of hydrogen-bond donors (Lipinski definition) is 2. The molecule has 2 nitrogen and oxygen atoms in total.